The molecule has 1 unspecified atom stereocenters. The third-order valence-corrected chi connectivity index (χ3v) is 6.83. The van der Waals surface area contributed by atoms with Gasteiger partial charge in [-0.2, -0.15) is 23.2 Å². The highest BCUT2D eigenvalue weighted by Gasteiger charge is 2.42. The van der Waals surface area contributed by atoms with Crippen LogP contribution in [0.4, 0.5) is 23.2 Å². The van der Waals surface area contributed by atoms with Gasteiger partial charge in [-0.1, -0.05) is 11.6 Å². The number of fused-ring (bicyclic) bond motifs is 1. The number of carbonyl (C=O) groups is 1. The number of nitriles is 1. The largest absolute Gasteiger partial charge is 0.404 e. The predicted octanol–water partition coefficient (Wildman–Crippen LogP) is 3.58. The normalized spacial score (nSPS) is 14.7. The van der Waals surface area contributed by atoms with Gasteiger partial charge in [-0.3, -0.25) is 4.79 Å². The summed E-state index contributed by atoms with van der Waals surface area (Å²) in [7, 11) is -4.70. The van der Waals surface area contributed by atoms with Gasteiger partial charge in [0.25, 0.3) is 5.91 Å². The Morgan fingerprint density at radius 2 is 2.03 bits per heavy atom. The Balaban J connectivity index is 2.00. The number of sulfonamides is 1. The minimum atomic E-state index is -4.82. The summed E-state index contributed by atoms with van der Waals surface area (Å²) in [5, 5.41) is 10.8. The first kappa shape index (κ1) is 23.1. The van der Waals surface area contributed by atoms with Gasteiger partial charge in [0.05, 0.1) is 10.6 Å². The van der Waals surface area contributed by atoms with Gasteiger partial charge in [0.15, 0.2) is 0 Å². The number of anilines is 1. The summed E-state index contributed by atoms with van der Waals surface area (Å²) < 4.78 is 80.3. The average Bonchev–Trinajstić information content (AvgIpc) is 3.21. The van der Waals surface area contributed by atoms with Crippen molar-refractivity contribution in [2.24, 2.45) is 0 Å². The first-order valence-corrected chi connectivity index (χ1v) is 10.7. The zero-order valence-electron chi connectivity index (χ0n) is 15.8. The molecule has 3 rings (SSSR count). The minimum Gasteiger partial charge on any atom is -0.338 e. The Morgan fingerprint density at radius 3 is 2.65 bits per heavy atom. The first-order chi connectivity index (χ1) is 14.4. The van der Waals surface area contributed by atoms with Crippen LogP contribution < -0.4 is 10.0 Å². The standard InChI is InChI=1S/C18H15ClF4N4O3S/c1-9(18(21,22)23)26-31(29,30)16-13-3-2-6-27(13)15(14(16)19)17(28)25-11-4-5-12(20)10(7-11)8-24/h4-5,7,9,26H,2-3,6H2,1H3,(H,25,28). The van der Waals surface area contributed by atoms with Crippen LogP contribution in [0.15, 0.2) is 23.1 Å². The molecule has 2 N–H and O–H groups in total. The van der Waals surface area contributed by atoms with E-state index in [9.17, 15) is 30.8 Å². The third kappa shape index (κ3) is 4.39. The Morgan fingerprint density at radius 1 is 1.35 bits per heavy atom. The van der Waals surface area contributed by atoms with Gasteiger partial charge in [0, 0.05) is 17.9 Å². The average molecular weight is 479 g/mol. The molecule has 1 aliphatic rings. The fourth-order valence-electron chi connectivity index (χ4n) is 3.24. The molecule has 166 valence electrons. The molecule has 13 heteroatoms. The van der Waals surface area contributed by atoms with Gasteiger partial charge < -0.3 is 9.88 Å². The molecule has 7 nitrogen and oxygen atoms in total. The third-order valence-electron chi connectivity index (χ3n) is 4.71. The van der Waals surface area contributed by atoms with E-state index in [2.05, 4.69) is 5.32 Å². The predicted molar refractivity (Wildman–Crippen MR) is 103 cm³/mol. The van der Waals surface area contributed by atoms with E-state index in [1.165, 1.54) is 10.6 Å². The fourth-order valence-corrected chi connectivity index (χ4v) is 5.42. The van der Waals surface area contributed by atoms with Crippen LogP contribution in [0.2, 0.25) is 5.02 Å². The van der Waals surface area contributed by atoms with E-state index >= 15 is 0 Å². The van der Waals surface area contributed by atoms with E-state index in [0.717, 1.165) is 12.1 Å². The smallest absolute Gasteiger partial charge is 0.338 e. The number of hydrogen-bond donors (Lipinski definition) is 2. The SMILES string of the molecule is CC(NS(=O)(=O)c1c(Cl)c(C(=O)Nc2ccc(F)c(C#N)c2)n2c1CCC2)C(F)(F)F. The maximum atomic E-state index is 13.5. The van der Waals surface area contributed by atoms with Crippen LogP contribution in [0.25, 0.3) is 0 Å². The zero-order chi connectivity index (χ0) is 23.1. The van der Waals surface area contributed by atoms with Crippen molar-refractivity contribution in [3.05, 3.63) is 46.0 Å². The number of amides is 1. The second-order valence-electron chi connectivity index (χ2n) is 6.84. The van der Waals surface area contributed by atoms with Gasteiger partial charge in [0.2, 0.25) is 10.0 Å². The molecule has 1 amide bonds. The van der Waals surface area contributed by atoms with Crippen molar-refractivity contribution < 1.29 is 30.8 Å². The van der Waals surface area contributed by atoms with Crippen LogP contribution in [0, 0.1) is 17.1 Å². The minimum absolute atomic E-state index is 0.0563. The highest BCUT2D eigenvalue weighted by Crippen LogP contribution is 2.37. The quantitative estimate of drug-likeness (QED) is 0.641. The van der Waals surface area contributed by atoms with Crippen LogP contribution in [0.1, 0.15) is 35.1 Å². The zero-order valence-corrected chi connectivity index (χ0v) is 17.4. The van der Waals surface area contributed by atoms with Crippen molar-refractivity contribution in [3.8, 4) is 6.07 Å². The second-order valence-corrected chi connectivity index (χ2v) is 8.87. The molecule has 0 aliphatic carbocycles. The van der Waals surface area contributed by atoms with Crippen molar-refractivity contribution in [2.75, 3.05) is 5.32 Å². The highest BCUT2D eigenvalue weighted by molar-refractivity contribution is 7.89. The van der Waals surface area contributed by atoms with Crippen LogP contribution >= 0.6 is 11.6 Å². The van der Waals surface area contributed by atoms with E-state index in [4.69, 9.17) is 16.9 Å². The molecular weight excluding hydrogens is 464 g/mol. The van der Waals surface area contributed by atoms with Gasteiger partial charge >= 0.3 is 6.18 Å². The van der Waals surface area contributed by atoms with Crippen molar-refractivity contribution in [3.63, 3.8) is 0 Å². The topological polar surface area (TPSA) is 104 Å². The Hall–Kier alpha value is -2.62. The summed E-state index contributed by atoms with van der Waals surface area (Å²) in [5.74, 6) is -1.64. The molecule has 1 atom stereocenters. The second kappa shape index (κ2) is 8.14. The maximum absolute atomic E-state index is 13.5. The molecule has 0 radical (unpaired) electrons. The number of benzene rings is 1. The van der Waals surface area contributed by atoms with Crippen LogP contribution in [-0.4, -0.2) is 31.1 Å². The van der Waals surface area contributed by atoms with E-state index in [1.807, 2.05) is 0 Å². The summed E-state index contributed by atoms with van der Waals surface area (Å²) in [6.07, 6.45) is -4.16. The Kier molecular flexibility index (Phi) is 6.05. The lowest BCUT2D eigenvalue weighted by atomic mass is 10.2. The first-order valence-electron chi connectivity index (χ1n) is 8.87. The summed E-state index contributed by atoms with van der Waals surface area (Å²) in [5.41, 5.74) is -0.399. The van der Waals surface area contributed by atoms with E-state index < -0.39 is 43.9 Å². The molecule has 0 bridgehead atoms. The van der Waals surface area contributed by atoms with Crippen LogP contribution in [0.3, 0.4) is 0 Å². The number of rotatable bonds is 5. The molecule has 0 spiro atoms. The van der Waals surface area contributed by atoms with Gasteiger partial charge in [0.1, 0.15) is 28.5 Å². The fraction of sp³-hybridized carbons (Fsp3) is 0.333. The molecule has 1 aliphatic heterocycles. The van der Waals surface area contributed by atoms with Crippen LogP contribution in [0.5, 0.6) is 0 Å². The highest BCUT2D eigenvalue weighted by atomic mass is 35.5. The molecule has 0 saturated carbocycles. The molecule has 2 aromatic rings. The van der Waals surface area contributed by atoms with Crippen molar-refractivity contribution in [1.82, 2.24) is 9.29 Å². The van der Waals surface area contributed by atoms with Gasteiger partial charge in [-0.15, -0.1) is 0 Å². The van der Waals surface area contributed by atoms with Crippen molar-refractivity contribution in [1.29, 1.82) is 5.26 Å². The summed E-state index contributed by atoms with van der Waals surface area (Å²) in [6.45, 7) is 0.881. The van der Waals surface area contributed by atoms with Crippen molar-refractivity contribution >= 4 is 33.2 Å². The number of nitrogens with one attached hydrogen (secondary N) is 2. The summed E-state index contributed by atoms with van der Waals surface area (Å²) >= 11 is 6.18. The Bertz CT molecular complexity index is 1200. The monoisotopic (exact) mass is 478 g/mol. The lowest BCUT2D eigenvalue weighted by Crippen LogP contribution is -2.43. The maximum Gasteiger partial charge on any atom is 0.404 e. The number of nitrogens with zero attached hydrogens (tertiary/aromatic N) is 2. The molecule has 0 saturated heterocycles. The van der Waals surface area contributed by atoms with E-state index in [-0.39, 0.29) is 35.6 Å². The number of carbonyl (C=O) groups excluding carboxylic acids is 1. The molecule has 1 aromatic carbocycles. The number of aromatic nitrogens is 1. The molecule has 2 heterocycles. The number of alkyl halides is 3. The summed E-state index contributed by atoms with van der Waals surface area (Å²) in [6, 6.07) is 2.50. The molecule has 1 aromatic heterocycles. The lowest BCUT2D eigenvalue weighted by Gasteiger charge is -2.17. The molecular formula is C18H15ClF4N4O3S. The number of hydrogen-bond acceptors (Lipinski definition) is 4. The van der Waals surface area contributed by atoms with E-state index in [0.29, 0.717) is 13.3 Å². The van der Waals surface area contributed by atoms with Crippen LogP contribution in [-0.2, 0) is 23.0 Å². The molecule has 31 heavy (non-hydrogen) atoms. The lowest BCUT2D eigenvalue weighted by molar-refractivity contribution is -0.147. The summed E-state index contributed by atoms with van der Waals surface area (Å²) in [4.78, 5) is 12.2. The number of halogens is 5. The Labute approximate surface area is 179 Å². The molecule has 0 fully saturated rings. The van der Waals surface area contributed by atoms with E-state index in [1.54, 1.807) is 10.8 Å². The van der Waals surface area contributed by atoms with Gasteiger partial charge in [-0.05, 0) is 38.0 Å². The van der Waals surface area contributed by atoms with Crippen molar-refractivity contribution in [2.45, 2.75) is 43.4 Å². The van der Waals surface area contributed by atoms with Gasteiger partial charge in [-0.25, -0.2) is 12.8 Å².